The van der Waals surface area contributed by atoms with Gasteiger partial charge in [-0.1, -0.05) is 190 Å². The van der Waals surface area contributed by atoms with Crippen molar-refractivity contribution < 1.29 is 4.42 Å². The fraction of sp³-hybridized carbons (Fsp3) is 0.0508. The first-order chi connectivity index (χ1) is 30.5. The molecule has 1 aliphatic heterocycles. The lowest BCUT2D eigenvalue weighted by molar-refractivity contribution is 0.632. The summed E-state index contributed by atoms with van der Waals surface area (Å²) in [5.74, 6) is 0. The van der Waals surface area contributed by atoms with Crippen LogP contribution in [0.4, 0.5) is 34.1 Å². The van der Waals surface area contributed by atoms with Crippen LogP contribution in [-0.4, -0.2) is 0 Å². The standard InChI is InChI=1S/C59H42N2O/c1-59(2)51-26-11-12-27-53(51)61(57-46-22-9-7-19-42(46)32-36-49(57)47-24-14-20-41-18-6-8-21-45(41)47)55-38-44(35-37-52(55)59)60(43-33-30-40(31-34-43)39-16-4-3-5-17-39)54-28-15-25-50-48-23-10-13-29-56(48)62-58(50)54/h3-38H,1-2H3. The number of fused-ring (bicyclic) bond motifs is 7. The summed E-state index contributed by atoms with van der Waals surface area (Å²) in [6, 6.07) is 79.3. The Hall–Kier alpha value is -7.88. The topological polar surface area (TPSA) is 19.6 Å². The molecule has 0 N–H and O–H groups in total. The Morgan fingerprint density at radius 2 is 1.03 bits per heavy atom. The highest BCUT2D eigenvalue weighted by molar-refractivity contribution is 6.12. The van der Waals surface area contributed by atoms with Gasteiger partial charge >= 0.3 is 0 Å². The van der Waals surface area contributed by atoms with E-state index >= 15 is 0 Å². The monoisotopic (exact) mass is 794 g/mol. The molecule has 0 radical (unpaired) electrons. The zero-order valence-corrected chi connectivity index (χ0v) is 34.6. The SMILES string of the molecule is CC1(C)c2ccccc2N(c2c(-c3cccc4ccccc34)ccc3ccccc23)c2cc(N(c3ccc(-c4ccccc4)cc3)c3cccc4c3oc3ccccc34)ccc21. The molecule has 0 bridgehead atoms. The molecule has 12 rings (SSSR count). The first-order valence-corrected chi connectivity index (χ1v) is 21.4. The number of anilines is 6. The molecular weight excluding hydrogens is 753 g/mol. The maximum absolute atomic E-state index is 6.78. The van der Waals surface area contributed by atoms with E-state index in [9.17, 15) is 0 Å². The normalized spacial score (nSPS) is 13.1. The van der Waals surface area contributed by atoms with Gasteiger partial charge in [-0.3, -0.25) is 0 Å². The molecule has 0 amide bonds. The Kier molecular flexibility index (Phi) is 8.20. The van der Waals surface area contributed by atoms with Crippen molar-refractivity contribution in [3.05, 3.63) is 230 Å². The second kappa shape index (κ2) is 14.1. The van der Waals surface area contributed by atoms with Gasteiger partial charge in [0, 0.05) is 38.5 Å². The van der Waals surface area contributed by atoms with Crippen molar-refractivity contribution >= 4 is 77.6 Å². The zero-order valence-electron chi connectivity index (χ0n) is 34.6. The van der Waals surface area contributed by atoms with E-state index in [4.69, 9.17) is 4.42 Å². The molecule has 0 saturated carbocycles. The summed E-state index contributed by atoms with van der Waals surface area (Å²) in [6.07, 6.45) is 0. The van der Waals surface area contributed by atoms with E-state index < -0.39 is 0 Å². The van der Waals surface area contributed by atoms with Crippen LogP contribution < -0.4 is 9.80 Å². The Balaban J connectivity index is 1.14. The predicted octanol–water partition coefficient (Wildman–Crippen LogP) is 16.8. The lowest BCUT2D eigenvalue weighted by Gasteiger charge is -2.43. The summed E-state index contributed by atoms with van der Waals surface area (Å²) in [4.78, 5) is 4.93. The lowest BCUT2D eigenvalue weighted by atomic mass is 9.73. The molecule has 2 heterocycles. The highest BCUT2D eigenvalue weighted by Gasteiger charge is 2.39. The Morgan fingerprint density at radius 3 is 1.87 bits per heavy atom. The van der Waals surface area contributed by atoms with Gasteiger partial charge < -0.3 is 14.2 Å². The van der Waals surface area contributed by atoms with Crippen LogP contribution in [0.2, 0.25) is 0 Å². The van der Waals surface area contributed by atoms with E-state index in [0.29, 0.717) is 0 Å². The summed E-state index contributed by atoms with van der Waals surface area (Å²) in [6.45, 7) is 4.73. The van der Waals surface area contributed by atoms with Gasteiger partial charge in [0.05, 0.1) is 22.7 Å². The molecule has 1 aliphatic rings. The van der Waals surface area contributed by atoms with E-state index in [1.54, 1.807) is 0 Å². The van der Waals surface area contributed by atoms with E-state index in [2.05, 4.69) is 236 Å². The molecule has 3 heteroatoms. The smallest absolute Gasteiger partial charge is 0.159 e. The van der Waals surface area contributed by atoms with Crippen LogP contribution >= 0.6 is 0 Å². The molecule has 10 aromatic carbocycles. The maximum atomic E-state index is 6.78. The first-order valence-electron chi connectivity index (χ1n) is 21.4. The van der Waals surface area contributed by atoms with Crippen molar-refractivity contribution in [2.24, 2.45) is 0 Å². The third-order valence-corrected chi connectivity index (χ3v) is 13.0. The average molecular weight is 795 g/mol. The summed E-state index contributed by atoms with van der Waals surface area (Å²) in [7, 11) is 0. The number of hydrogen-bond acceptors (Lipinski definition) is 3. The molecule has 294 valence electrons. The maximum Gasteiger partial charge on any atom is 0.159 e. The fourth-order valence-electron chi connectivity index (χ4n) is 10.0. The van der Waals surface area contributed by atoms with E-state index in [1.165, 1.54) is 66.3 Å². The minimum absolute atomic E-state index is 0.286. The molecule has 0 fully saturated rings. The predicted molar refractivity (Wildman–Crippen MR) is 261 cm³/mol. The summed E-state index contributed by atoms with van der Waals surface area (Å²) >= 11 is 0. The summed E-state index contributed by atoms with van der Waals surface area (Å²) < 4.78 is 6.78. The fourth-order valence-corrected chi connectivity index (χ4v) is 10.0. The number of rotatable bonds is 6. The summed E-state index contributed by atoms with van der Waals surface area (Å²) in [5.41, 5.74) is 15.3. The quantitative estimate of drug-likeness (QED) is 0.167. The largest absolute Gasteiger partial charge is 0.454 e. The van der Waals surface area contributed by atoms with E-state index in [0.717, 1.165) is 44.7 Å². The van der Waals surface area contributed by atoms with Gasteiger partial charge in [0.1, 0.15) is 5.58 Å². The van der Waals surface area contributed by atoms with Gasteiger partial charge in [-0.2, -0.15) is 0 Å². The van der Waals surface area contributed by atoms with E-state index in [-0.39, 0.29) is 5.41 Å². The molecule has 0 spiro atoms. The Bertz CT molecular complexity index is 3500. The molecule has 0 atom stereocenters. The molecule has 11 aromatic rings. The van der Waals surface area contributed by atoms with Crippen LogP contribution in [0.3, 0.4) is 0 Å². The minimum Gasteiger partial charge on any atom is -0.454 e. The first kappa shape index (κ1) is 36.0. The van der Waals surface area contributed by atoms with Crippen molar-refractivity contribution in [1.82, 2.24) is 0 Å². The van der Waals surface area contributed by atoms with Crippen LogP contribution in [0.25, 0.3) is 65.7 Å². The molecule has 0 aliphatic carbocycles. The van der Waals surface area contributed by atoms with Gasteiger partial charge in [0.15, 0.2) is 5.58 Å². The van der Waals surface area contributed by atoms with Gasteiger partial charge in [-0.15, -0.1) is 0 Å². The number of benzene rings is 10. The molecular formula is C59H42N2O. The van der Waals surface area contributed by atoms with Gasteiger partial charge in [-0.25, -0.2) is 0 Å². The van der Waals surface area contributed by atoms with Gasteiger partial charge in [0.2, 0.25) is 0 Å². The van der Waals surface area contributed by atoms with Crippen molar-refractivity contribution in [2.75, 3.05) is 9.80 Å². The van der Waals surface area contributed by atoms with Gasteiger partial charge in [-0.05, 0) is 86.4 Å². The third-order valence-electron chi connectivity index (χ3n) is 13.0. The minimum atomic E-state index is -0.286. The van der Waals surface area contributed by atoms with Crippen molar-refractivity contribution in [1.29, 1.82) is 0 Å². The number of nitrogens with zero attached hydrogens (tertiary/aromatic N) is 2. The molecule has 62 heavy (non-hydrogen) atoms. The Morgan fingerprint density at radius 1 is 0.419 bits per heavy atom. The van der Waals surface area contributed by atoms with Crippen LogP contribution in [-0.2, 0) is 5.41 Å². The second-order valence-electron chi connectivity index (χ2n) is 16.9. The lowest BCUT2D eigenvalue weighted by Crippen LogP contribution is -2.31. The zero-order chi connectivity index (χ0) is 41.4. The van der Waals surface area contributed by atoms with E-state index in [1.807, 2.05) is 6.07 Å². The molecule has 0 unspecified atom stereocenters. The van der Waals surface area contributed by atoms with Crippen molar-refractivity contribution in [3.8, 4) is 22.3 Å². The average Bonchev–Trinajstić information content (AvgIpc) is 3.72. The van der Waals surface area contributed by atoms with Crippen molar-refractivity contribution in [2.45, 2.75) is 19.3 Å². The molecule has 0 saturated heterocycles. The van der Waals surface area contributed by atoms with Crippen LogP contribution in [0, 0.1) is 0 Å². The second-order valence-corrected chi connectivity index (χ2v) is 16.9. The van der Waals surface area contributed by atoms with Crippen LogP contribution in [0.15, 0.2) is 223 Å². The molecule has 3 nitrogen and oxygen atoms in total. The highest BCUT2D eigenvalue weighted by Crippen LogP contribution is 2.57. The van der Waals surface area contributed by atoms with Gasteiger partial charge in [0.25, 0.3) is 0 Å². The van der Waals surface area contributed by atoms with Crippen LogP contribution in [0.5, 0.6) is 0 Å². The highest BCUT2D eigenvalue weighted by atomic mass is 16.3. The van der Waals surface area contributed by atoms with Crippen molar-refractivity contribution in [3.63, 3.8) is 0 Å². The molecule has 1 aromatic heterocycles. The van der Waals surface area contributed by atoms with Crippen LogP contribution in [0.1, 0.15) is 25.0 Å². The summed E-state index contributed by atoms with van der Waals surface area (Å²) in [5, 5.41) is 7.05. The number of para-hydroxylation sites is 3. The number of hydrogen-bond donors (Lipinski definition) is 0. The Labute approximate surface area is 361 Å². The third kappa shape index (κ3) is 5.59. The number of furan rings is 1.